The SMILES string of the molecule is NNC(Cc1cccc(F)c1)c1ccc(F)cc1F. The lowest BCUT2D eigenvalue weighted by atomic mass is 9.99. The van der Waals surface area contributed by atoms with Crippen molar-refractivity contribution in [1.82, 2.24) is 5.43 Å². The molecule has 2 nitrogen and oxygen atoms in total. The number of nitrogens with two attached hydrogens (primary N) is 1. The minimum atomic E-state index is -0.681. The predicted octanol–water partition coefficient (Wildman–Crippen LogP) is 2.85. The Labute approximate surface area is 109 Å². The molecule has 0 bridgehead atoms. The van der Waals surface area contributed by atoms with E-state index in [1.54, 1.807) is 12.1 Å². The molecule has 0 fully saturated rings. The molecule has 0 heterocycles. The lowest BCUT2D eigenvalue weighted by Crippen LogP contribution is -2.30. The van der Waals surface area contributed by atoms with Crippen LogP contribution in [-0.4, -0.2) is 0 Å². The van der Waals surface area contributed by atoms with Crippen LogP contribution in [0, 0.1) is 17.5 Å². The first-order valence-electron chi connectivity index (χ1n) is 5.75. The Morgan fingerprint density at radius 3 is 2.37 bits per heavy atom. The standard InChI is InChI=1S/C14H13F3N2/c15-10-3-1-2-9(6-10)7-14(19-18)12-5-4-11(16)8-13(12)17/h1-6,8,14,19H,7,18H2. The normalized spacial score (nSPS) is 12.4. The third-order valence-electron chi connectivity index (χ3n) is 2.87. The van der Waals surface area contributed by atoms with E-state index in [0.717, 1.165) is 12.1 Å². The van der Waals surface area contributed by atoms with Crippen molar-refractivity contribution in [2.24, 2.45) is 5.84 Å². The van der Waals surface area contributed by atoms with Gasteiger partial charge in [-0.2, -0.15) is 0 Å². The first-order chi connectivity index (χ1) is 9.10. The zero-order valence-electron chi connectivity index (χ0n) is 10.0. The van der Waals surface area contributed by atoms with Crippen LogP contribution >= 0.6 is 0 Å². The predicted molar refractivity (Wildman–Crippen MR) is 66.5 cm³/mol. The van der Waals surface area contributed by atoms with Gasteiger partial charge in [-0.05, 0) is 30.2 Å². The van der Waals surface area contributed by atoms with Crippen molar-refractivity contribution in [3.05, 3.63) is 71.0 Å². The lowest BCUT2D eigenvalue weighted by Gasteiger charge is -2.17. The zero-order valence-corrected chi connectivity index (χ0v) is 10.0. The molecule has 0 aliphatic carbocycles. The molecule has 2 aromatic rings. The minimum absolute atomic E-state index is 0.244. The molecule has 2 aromatic carbocycles. The van der Waals surface area contributed by atoms with Crippen LogP contribution in [-0.2, 0) is 6.42 Å². The highest BCUT2D eigenvalue weighted by molar-refractivity contribution is 5.25. The van der Waals surface area contributed by atoms with E-state index in [1.165, 1.54) is 18.2 Å². The highest BCUT2D eigenvalue weighted by Gasteiger charge is 2.15. The summed E-state index contributed by atoms with van der Waals surface area (Å²) in [4.78, 5) is 0. The monoisotopic (exact) mass is 266 g/mol. The Kier molecular flexibility index (Phi) is 4.19. The molecule has 0 aromatic heterocycles. The van der Waals surface area contributed by atoms with Crippen molar-refractivity contribution in [1.29, 1.82) is 0 Å². The number of rotatable bonds is 4. The van der Waals surface area contributed by atoms with Crippen molar-refractivity contribution < 1.29 is 13.2 Å². The van der Waals surface area contributed by atoms with E-state index in [9.17, 15) is 13.2 Å². The molecule has 100 valence electrons. The summed E-state index contributed by atoms with van der Waals surface area (Å²) in [7, 11) is 0. The molecule has 0 saturated carbocycles. The van der Waals surface area contributed by atoms with Gasteiger partial charge in [-0.15, -0.1) is 0 Å². The van der Waals surface area contributed by atoms with E-state index >= 15 is 0 Å². The largest absolute Gasteiger partial charge is 0.271 e. The smallest absolute Gasteiger partial charge is 0.130 e. The number of nitrogens with one attached hydrogen (secondary N) is 1. The number of hydrazine groups is 1. The third kappa shape index (κ3) is 3.33. The second-order valence-electron chi connectivity index (χ2n) is 4.22. The fraction of sp³-hybridized carbons (Fsp3) is 0.143. The summed E-state index contributed by atoms with van der Waals surface area (Å²) >= 11 is 0. The molecule has 2 rings (SSSR count). The number of halogens is 3. The van der Waals surface area contributed by atoms with E-state index in [2.05, 4.69) is 5.43 Å². The average molecular weight is 266 g/mol. The molecular weight excluding hydrogens is 253 g/mol. The van der Waals surface area contributed by atoms with Crippen LogP contribution in [0.25, 0.3) is 0 Å². The quantitative estimate of drug-likeness (QED) is 0.659. The van der Waals surface area contributed by atoms with E-state index in [0.29, 0.717) is 12.0 Å². The third-order valence-corrected chi connectivity index (χ3v) is 2.87. The summed E-state index contributed by atoms with van der Waals surface area (Å²) in [6.45, 7) is 0. The second kappa shape index (κ2) is 5.86. The molecule has 0 aliphatic heterocycles. The van der Waals surface area contributed by atoms with Crippen LogP contribution in [0.3, 0.4) is 0 Å². The van der Waals surface area contributed by atoms with Gasteiger partial charge in [0.1, 0.15) is 17.5 Å². The molecule has 1 unspecified atom stereocenters. The summed E-state index contributed by atoms with van der Waals surface area (Å²) < 4.78 is 39.6. The van der Waals surface area contributed by atoms with E-state index in [4.69, 9.17) is 5.84 Å². The molecule has 0 radical (unpaired) electrons. The first kappa shape index (κ1) is 13.6. The van der Waals surface area contributed by atoms with Crippen molar-refractivity contribution in [2.45, 2.75) is 12.5 Å². The van der Waals surface area contributed by atoms with Gasteiger partial charge in [0, 0.05) is 11.6 Å². The molecule has 0 spiro atoms. The van der Waals surface area contributed by atoms with Gasteiger partial charge >= 0.3 is 0 Å². The maximum Gasteiger partial charge on any atom is 0.130 e. The van der Waals surface area contributed by atoms with E-state index < -0.39 is 17.7 Å². The van der Waals surface area contributed by atoms with Crippen molar-refractivity contribution in [2.75, 3.05) is 0 Å². The molecule has 19 heavy (non-hydrogen) atoms. The molecule has 5 heteroatoms. The highest BCUT2D eigenvalue weighted by atomic mass is 19.1. The van der Waals surface area contributed by atoms with Gasteiger partial charge in [0.25, 0.3) is 0 Å². The number of benzene rings is 2. The molecule has 0 aliphatic rings. The Morgan fingerprint density at radius 2 is 1.74 bits per heavy atom. The Bertz CT molecular complexity index is 572. The molecule has 0 amide bonds. The summed E-state index contributed by atoms with van der Waals surface area (Å²) in [5, 5.41) is 0. The van der Waals surface area contributed by atoms with Crippen molar-refractivity contribution >= 4 is 0 Å². The molecule has 3 N–H and O–H groups in total. The second-order valence-corrected chi connectivity index (χ2v) is 4.22. The van der Waals surface area contributed by atoms with Crippen LogP contribution in [0.5, 0.6) is 0 Å². The maximum absolute atomic E-state index is 13.7. The van der Waals surface area contributed by atoms with Gasteiger partial charge in [-0.1, -0.05) is 18.2 Å². The van der Waals surface area contributed by atoms with Gasteiger partial charge in [0.15, 0.2) is 0 Å². The van der Waals surface area contributed by atoms with Crippen LogP contribution in [0.1, 0.15) is 17.2 Å². The topological polar surface area (TPSA) is 38.0 Å². The van der Waals surface area contributed by atoms with E-state index in [-0.39, 0.29) is 11.4 Å². The van der Waals surface area contributed by atoms with Crippen LogP contribution in [0.15, 0.2) is 42.5 Å². The maximum atomic E-state index is 13.7. The summed E-state index contributed by atoms with van der Waals surface area (Å²) in [5.41, 5.74) is 3.38. The van der Waals surface area contributed by atoms with Crippen LogP contribution < -0.4 is 11.3 Å². The van der Waals surface area contributed by atoms with Gasteiger partial charge in [0.05, 0.1) is 6.04 Å². The fourth-order valence-corrected chi connectivity index (χ4v) is 1.94. The molecule has 0 saturated heterocycles. The summed E-state index contributed by atoms with van der Waals surface area (Å²) in [5.74, 6) is 3.69. The summed E-state index contributed by atoms with van der Waals surface area (Å²) in [6, 6.07) is 8.70. The van der Waals surface area contributed by atoms with Crippen molar-refractivity contribution in [3.8, 4) is 0 Å². The molecule has 1 atom stereocenters. The highest BCUT2D eigenvalue weighted by Crippen LogP contribution is 2.21. The van der Waals surface area contributed by atoms with E-state index in [1.807, 2.05) is 0 Å². The number of hydrogen-bond acceptors (Lipinski definition) is 2. The van der Waals surface area contributed by atoms with Gasteiger partial charge in [-0.25, -0.2) is 13.2 Å². The molecular formula is C14H13F3N2. The van der Waals surface area contributed by atoms with Gasteiger partial charge < -0.3 is 0 Å². The average Bonchev–Trinajstić information content (AvgIpc) is 2.37. The van der Waals surface area contributed by atoms with Gasteiger partial charge in [0.2, 0.25) is 0 Å². The first-order valence-corrected chi connectivity index (χ1v) is 5.75. The van der Waals surface area contributed by atoms with Crippen LogP contribution in [0.2, 0.25) is 0 Å². The lowest BCUT2D eigenvalue weighted by molar-refractivity contribution is 0.501. The zero-order chi connectivity index (χ0) is 13.8. The summed E-state index contributed by atoms with van der Waals surface area (Å²) in [6.07, 6.45) is 0.302. The van der Waals surface area contributed by atoms with Crippen molar-refractivity contribution in [3.63, 3.8) is 0 Å². The Hall–Kier alpha value is -1.85. The fourth-order valence-electron chi connectivity index (χ4n) is 1.94. The number of hydrogen-bond donors (Lipinski definition) is 2. The Morgan fingerprint density at radius 1 is 1.00 bits per heavy atom. The Balaban J connectivity index is 2.25. The minimum Gasteiger partial charge on any atom is -0.271 e. The van der Waals surface area contributed by atoms with Gasteiger partial charge in [-0.3, -0.25) is 11.3 Å². The van der Waals surface area contributed by atoms with Crippen LogP contribution in [0.4, 0.5) is 13.2 Å².